The average molecular weight is 389 g/mol. The van der Waals surface area contributed by atoms with Crippen LogP contribution in [0.1, 0.15) is 23.2 Å². The Kier molecular flexibility index (Phi) is 6.68. The number of carbonyl (C=O) groups is 2. The fourth-order valence-corrected chi connectivity index (χ4v) is 2.89. The standard InChI is InChI=1S/C20H21ClN2O4/c21-14-7-9-15(10-8-14)23-19(24)13-27-18-6-2-1-5-17(18)20(25)22-12-16-4-3-11-26-16/h1-2,5-10,16H,3-4,11-13H2,(H,22,25)(H,23,24). The molecule has 2 aromatic carbocycles. The molecular formula is C20H21ClN2O4. The molecule has 7 heteroatoms. The molecule has 1 unspecified atom stereocenters. The van der Waals surface area contributed by atoms with E-state index in [9.17, 15) is 9.59 Å². The van der Waals surface area contributed by atoms with Gasteiger partial charge in [-0.15, -0.1) is 0 Å². The van der Waals surface area contributed by atoms with Crippen molar-refractivity contribution < 1.29 is 19.1 Å². The summed E-state index contributed by atoms with van der Waals surface area (Å²) >= 11 is 5.82. The highest BCUT2D eigenvalue weighted by atomic mass is 35.5. The van der Waals surface area contributed by atoms with E-state index in [1.807, 2.05) is 0 Å². The summed E-state index contributed by atoms with van der Waals surface area (Å²) in [6, 6.07) is 13.6. The summed E-state index contributed by atoms with van der Waals surface area (Å²) in [5.41, 5.74) is 1.00. The van der Waals surface area contributed by atoms with Crippen LogP contribution in [0.5, 0.6) is 5.75 Å². The number of anilines is 1. The van der Waals surface area contributed by atoms with Gasteiger partial charge in [-0.25, -0.2) is 0 Å². The Hall–Kier alpha value is -2.57. The fourth-order valence-electron chi connectivity index (χ4n) is 2.76. The Morgan fingerprint density at radius 3 is 2.67 bits per heavy atom. The minimum atomic E-state index is -0.327. The van der Waals surface area contributed by atoms with E-state index in [-0.39, 0.29) is 24.5 Å². The summed E-state index contributed by atoms with van der Waals surface area (Å²) < 4.78 is 11.1. The molecule has 2 N–H and O–H groups in total. The van der Waals surface area contributed by atoms with E-state index in [0.29, 0.717) is 28.6 Å². The zero-order chi connectivity index (χ0) is 19.1. The van der Waals surface area contributed by atoms with E-state index in [4.69, 9.17) is 21.1 Å². The summed E-state index contributed by atoms with van der Waals surface area (Å²) in [7, 11) is 0. The van der Waals surface area contributed by atoms with Crippen LogP contribution in [0.25, 0.3) is 0 Å². The quantitative estimate of drug-likeness (QED) is 0.763. The van der Waals surface area contributed by atoms with Crippen LogP contribution in [0, 0.1) is 0 Å². The Morgan fingerprint density at radius 2 is 1.93 bits per heavy atom. The lowest BCUT2D eigenvalue weighted by Gasteiger charge is -2.14. The van der Waals surface area contributed by atoms with Crippen LogP contribution < -0.4 is 15.4 Å². The number of benzene rings is 2. The molecule has 3 rings (SSSR count). The molecule has 1 aliphatic rings. The topological polar surface area (TPSA) is 76.7 Å². The van der Waals surface area contributed by atoms with Crippen molar-refractivity contribution in [3.63, 3.8) is 0 Å². The molecule has 27 heavy (non-hydrogen) atoms. The van der Waals surface area contributed by atoms with Crippen molar-refractivity contribution in [2.45, 2.75) is 18.9 Å². The van der Waals surface area contributed by atoms with Crippen molar-refractivity contribution in [1.29, 1.82) is 0 Å². The molecule has 0 aliphatic carbocycles. The molecule has 1 saturated heterocycles. The van der Waals surface area contributed by atoms with Gasteiger partial charge < -0.3 is 20.1 Å². The first-order chi connectivity index (χ1) is 13.1. The lowest BCUT2D eigenvalue weighted by atomic mass is 10.1. The Bertz CT molecular complexity index is 789. The first-order valence-electron chi connectivity index (χ1n) is 8.79. The van der Waals surface area contributed by atoms with Gasteiger partial charge in [0.25, 0.3) is 11.8 Å². The number of rotatable bonds is 7. The summed E-state index contributed by atoms with van der Waals surface area (Å²) in [5.74, 6) is -0.223. The normalized spacial score (nSPS) is 16.0. The number of carbonyl (C=O) groups excluding carboxylic acids is 2. The van der Waals surface area contributed by atoms with Gasteiger partial charge in [0, 0.05) is 23.9 Å². The summed E-state index contributed by atoms with van der Waals surface area (Å²) in [6.07, 6.45) is 2.03. The van der Waals surface area contributed by atoms with E-state index < -0.39 is 0 Å². The second kappa shape index (κ2) is 9.39. The first-order valence-corrected chi connectivity index (χ1v) is 9.16. The minimum Gasteiger partial charge on any atom is -0.483 e. The monoisotopic (exact) mass is 388 g/mol. The highest BCUT2D eigenvalue weighted by Crippen LogP contribution is 2.19. The summed E-state index contributed by atoms with van der Waals surface area (Å²) in [6.45, 7) is 0.992. The van der Waals surface area contributed by atoms with Gasteiger partial charge in [-0.3, -0.25) is 9.59 Å². The molecule has 6 nitrogen and oxygen atoms in total. The SMILES string of the molecule is O=C(COc1ccccc1C(=O)NCC1CCCO1)Nc1ccc(Cl)cc1. The summed E-state index contributed by atoms with van der Waals surface area (Å²) in [4.78, 5) is 24.5. The number of halogens is 1. The van der Waals surface area contributed by atoms with Crippen LogP contribution >= 0.6 is 11.6 Å². The maximum atomic E-state index is 12.4. The van der Waals surface area contributed by atoms with E-state index in [2.05, 4.69) is 10.6 Å². The number of para-hydroxylation sites is 1. The highest BCUT2D eigenvalue weighted by molar-refractivity contribution is 6.30. The molecule has 142 valence electrons. The molecule has 0 saturated carbocycles. The van der Waals surface area contributed by atoms with Crippen molar-refractivity contribution in [2.75, 3.05) is 25.1 Å². The summed E-state index contributed by atoms with van der Waals surface area (Å²) in [5, 5.41) is 6.16. The Labute approximate surface area is 162 Å². The van der Waals surface area contributed by atoms with Crippen molar-refractivity contribution in [1.82, 2.24) is 5.32 Å². The predicted molar refractivity (Wildman–Crippen MR) is 103 cm³/mol. The zero-order valence-electron chi connectivity index (χ0n) is 14.7. The van der Waals surface area contributed by atoms with Crippen LogP contribution in [0.2, 0.25) is 5.02 Å². The van der Waals surface area contributed by atoms with Gasteiger partial charge in [-0.05, 0) is 49.2 Å². The van der Waals surface area contributed by atoms with Gasteiger partial charge in [0.15, 0.2) is 6.61 Å². The third-order valence-electron chi connectivity index (χ3n) is 4.13. The second-order valence-electron chi connectivity index (χ2n) is 6.18. The molecule has 1 heterocycles. The Morgan fingerprint density at radius 1 is 1.15 bits per heavy atom. The number of hydrogen-bond acceptors (Lipinski definition) is 4. The van der Waals surface area contributed by atoms with Gasteiger partial charge in [-0.2, -0.15) is 0 Å². The predicted octanol–water partition coefficient (Wildman–Crippen LogP) is 3.27. The maximum absolute atomic E-state index is 12.4. The lowest BCUT2D eigenvalue weighted by Crippen LogP contribution is -2.32. The number of amides is 2. The largest absolute Gasteiger partial charge is 0.483 e. The molecule has 0 aromatic heterocycles. The van der Waals surface area contributed by atoms with Gasteiger partial charge in [-0.1, -0.05) is 23.7 Å². The maximum Gasteiger partial charge on any atom is 0.262 e. The highest BCUT2D eigenvalue weighted by Gasteiger charge is 2.18. The second-order valence-corrected chi connectivity index (χ2v) is 6.62. The number of hydrogen-bond donors (Lipinski definition) is 2. The number of ether oxygens (including phenoxy) is 2. The number of nitrogens with one attached hydrogen (secondary N) is 2. The van der Waals surface area contributed by atoms with Gasteiger partial charge in [0.05, 0.1) is 11.7 Å². The van der Waals surface area contributed by atoms with Gasteiger partial charge >= 0.3 is 0 Å². The van der Waals surface area contributed by atoms with E-state index in [0.717, 1.165) is 19.4 Å². The van der Waals surface area contributed by atoms with Crippen LogP contribution in [0.15, 0.2) is 48.5 Å². The fraction of sp³-hybridized carbons (Fsp3) is 0.300. The Balaban J connectivity index is 1.54. The molecule has 1 fully saturated rings. The van der Waals surface area contributed by atoms with E-state index in [1.165, 1.54) is 0 Å². The molecular weight excluding hydrogens is 368 g/mol. The average Bonchev–Trinajstić information content (AvgIpc) is 3.20. The van der Waals surface area contributed by atoms with Crippen molar-refractivity contribution in [3.8, 4) is 5.75 Å². The van der Waals surface area contributed by atoms with Crippen molar-refractivity contribution >= 4 is 29.1 Å². The smallest absolute Gasteiger partial charge is 0.262 e. The molecule has 1 atom stereocenters. The van der Waals surface area contributed by atoms with Crippen molar-refractivity contribution in [3.05, 3.63) is 59.1 Å². The van der Waals surface area contributed by atoms with Crippen LogP contribution in [0.4, 0.5) is 5.69 Å². The van der Waals surface area contributed by atoms with Crippen LogP contribution in [0.3, 0.4) is 0 Å². The van der Waals surface area contributed by atoms with Crippen molar-refractivity contribution in [2.24, 2.45) is 0 Å². The minimum absolute atomic E-state index is 0.0622. The molecule has 0 spiro atoms. The van der Waals surface area contributed by atoms with Gasteiger partial charge in [0.1, 0.15) is 5.75 Å². The van der Waals surface area contributed by atoms with E-state index >= 15 is 0 Å². The molecule has 0 bridgehead atoms. The molecule has 1 aliphatic heterocycles. The molecule has 2 amide bonds. The third-order valence-corrected chi connectivity index (χ3v) is 4.38. The lowest BCUT2D eigenvalue weighted by molar-refractivity contribution is -0.118. The zero-order valence-corrected chi connectivity index (χ0v) is 15.5. The van der Waals surface area contributed by atoms with E-state index in [1.54, 1.807) is 48.5 Å². The first kappa shape index (κ1) is 19.2. The van der Waals surface area contributed by atoms with Gasteiger partial charge in [0.2, 0.25) is 0 Å². The third kappa shape index (κ3) is 5.70. The van der Waals surface area contributed by atoms with Crippen LogP contribution in [-0.2, 0) is 9.53 Å². The molecule has 2 aromatic rings. The molecule has 0 radical (unpaired) electrons. The van der Waals surface area contributed by atoms with Crippen LogP contribution in [-0.4, -0.2) is 37.7 Å².